The van der Waals surface area contributed by atoms with Gasteiger partial charge in [-0.1, -0.05) is 0 Å². The first-order chi connectivity index (χ1) is 8.24. The SMILES string of the molecule is COc1cncc(-c2cc(F)ccc2C=O)c1. The molecule has 2 rings (SSSR count). The second kappa shape index (κ2) is 4.74. The highest BCUT2D eigenvalue weighted by molar-refractivity contribution is 5.87. The van der Waals surface area contributed by atoms with Gasteiger partial charge in [0.1, 0.15) is 11.6 Å². The van der Waals surface area contributed by atoms with Gasteiger partial charge in [0.25, 0.3) is 0 Å². The molecule has 86 valence electrons. The molecule has 0 radical (unpaired) electrons. The topological polar surface area (TPSA) is 39.2 Å². The van der Waals surface area contributed by atoms with E-state index in [-0.39, 0.29) is 0 Å². The van der Waals surface area contributed by atoms with Crippen LogP contribution < -0.4 is 4.74 Å². The number of ether oxygens (including phenoxy) is 1. The van der Waals surface area contributed by atoms with E-state index in [2.05, 4.69) is 4.98 Å². The molecule has 0 N–H and O–H groups in total. The third-order valence-electron chi connectivity index (χ3n) is 2.40. The van der Waals surface area contributed by atoms with Crippen molar-refractivity contribution in [2.24, 2.45) is 0 Å². The molecular formula is C13H10FNO2. The van der Waals surface area contributed by atoms with Crippen LogP contribution in [0.5, 0.6) is 5.75 Å². The first-order valence-corrected chi connectivity index (χ1v) is 4.98. The molecule has 0 atom stereocenters. The number of rotatable bonds is 3. The highest BCUT2D eigenvalue weighted by atomic mass is 19.1. The summed E-state index contributed by atoms with van der Waals surface area (Å²) in [6, 6.07) is 5.70. The molecule has 2 aromatic rings. The number of carbonyl (C=O) groups excluding carboxylic acids is 1. The van der Waals surface area contributed by atoms with Crippen LogP contribution in [0.15, 0.2) is 36.7 Å². The second-order valence-electron chi connectivity index (χ2n) is 3.46. The summed E-state index contributed by atoms with van der Waals surface area (Å²) in [6.45, 7) is 0. The average molecular weight is 231 g/mol. The fourth-order valence-corrected chi connectivity index (χ4v) is 1.56. The van der Waals surface area contributed by atoms with Gasteiger partial charge in [0.15, 0.2) is 6.29 Å². The molecule has 0 amide bonds. The van der Waals surface area contributed by atoms with Gasteiger partial charge in [-0.2, -0.15) is 0 Å². The van der Waals surface area contributed by atoms with E-state index in [0.717, 1.165) is 0 Å². The predicted molar refractivity (Wildman–Crippen MR) is 61.6 cm³/mol. The molecule has 1 aromatic heterocycles. The fraction of sp³-hybridized carbons (Fsp3) is 0.0769. The van der Waals surface area contributed by atoms with Gasteiger partial charge in [-0.05, 0) is 29.8 Å². The van der Waals surface area contributed by atoms with E-state index in [4.69, 9.17) is 4.74 Å². The summed E-state index contributed by atoms with van der Waals surface area (Å²) in [5, 5.41) is 0. The lowest BCUT2D eigenvalue weighted by Crippen LogP contribution is -1.91. The summed E-state index contributed by atoms with van der Waals surface area (Å²) in [4.78, 5) is 14.9. The van der Waals surface area contributed by atoms with Crippen molar-refractivity contribution in [2.75, 3.05) is 7.11 Å². The molecule has 0 bridgehead atoms. The Labute approximate surface area is 97.9 Å². The van der Waals surface area contributed by atoms with E-state index >= 15 is 0 Å². The van der Waals surface area contributed by atoms with E-state index in [1.807, 2.05) is 0 Å². The Morgan fingerprint density at radius 1 is 1.29 bits per heavy atom. The van der Waals surface area contributed by atoms with Crippen LogP contribution in [0.25, 0.3) is 11.1 Å². The largest absolute Gasteiger partial charge is 0.495 e. The summed E-state index contributed by atoms with van der Waals surface area (Å²) >= 11 is 0. The van der Waals surface area contributed by atoms with E-state index in [0.29, 0.717) is 28.7 Å². The van der Waals surface area contributed by atoms with Gasteiger partial charge in [0.2, 0.25) is 0 Å². The van der Waals surface area contributed by atoms with E-state index in [1.165, 1.54) is 25.3 Å². The molecule has 0 aliphatic rings. The Hall–Kier alpha value is -2.23. The minimum Gasteiger partial charge on any atom is -0.495 e. The van der Waals surface area contributed by atoms with Crippen molar-refractivity contribution in [3.63, 3.8) is 0 Å². The lowest BCUT2D eigenvalue weighted by Gasteiger charge is -2.06. The van der Waals surface area contributed by atoms with Crippen molar-refractivity contribution >= 4 is 6.29 Å². The number of hydrogen-bond donors (Lipinski definition) is 0. The third-order valence-corrected chi connectivity index (χ3v) is 2.40. The summed E-state index contributed by atoms with van der Waals surface area (Å²) in [5.74, 6) is 0.164. The summed E-state index contributed by atoms with van der Waals surface area (Å²) in [7, 11) is 1.52. The van der Waals surface area contributed by atoms with Crippen LogP contribution in [0.1, 0.15) is 10.4 Å². The van der Waals surface area contributed by atoms with Gasteiger partial charge >= 0.3 is 0 Å². The normalized spacial score (nSPS) is 10.0. The summed E-state index contributed by atoms with van der Waals surface area (Å²) in [6.07, 6.45) is 3.79. The van der Waals surface area contributed by atoms with Crippen LogP contribution in [0, 0.1) is 5.82 Å². The van der Waals surface area contributed by atoms with Crippen LogP contribution in [0.3, 0.4) is 0 Å². The molecule has 0 aliphatic heterocycles. The smallest absolute Gasteiger partial charge is 0.150 e. The van der Waals surface area contributed by atoms with Gasteiger partial charge in [-0.15, -0.1) is 0 Å². The lowest BCUT2D eigenvalue weighted by atomic mass is 10.0. The molecule has 1 heterocycles. The van der Waals surface area contributed by atoms with Crippen LogP contribution in [0.4, 0.5) is 4.39 Å². The van der Waals surface area contributed by atoms with Crippen LogP contribution >= 0.6 is 0 Å². The Bertz CT molecular complexity index is 555. The third kappa shape index (κ3) is 2.30. The van der Waals surface area contributed by atoms with Gasteiger partial charge in [0.05, 0.1) is 13.3 Å². The Morgan fingerprint density at radius 2 is 2.12 bits per heavy atom. The zero-order chi connectivity index (χ0) is 12.3. The fourth-order valence-electron chi connectivity index (χ4n) is 1.56. The highest BCUT2D eigenvalue weighted by Gasteiger charge is 2.07. The number of halogens is 1. The number of benzene rings is 1. The van der Waals surface area contributed by atoms with E-state index in [1.54, 1.807) is 18.5 Å². The van der Waals surface area contributed by atoms with Gasteiger partial charge in [-0.3, -0.25) is 9.78 Å². The molecule has 0 unspecified atom stereocenters. The maximum absolute atomic E-state index is 13.2. The maximum atomic E-state index is 13.2. The first kappa shape index (κ1) is 11.3. The number of pyridine rings is 1. The standard InChI is InChI=1S/C13H10FNO2/c1-17-12-4-10(6-15-7-12)13-5-11(14)3-2-9(13)8-16/h2-8H,1H3. The van der Waals surface area contributed by atoms with Gasteiger partial charge in [-0.25, -0.2) is 4.39 Å². The zero-order valence-electron chi connectivity index (χ0n) is 9.18. The molecule has 0 saturated heterocycles. The highest BCUT2D eigenvalue weighted by Crippen LogP contribution is 2.25. The predicted octanol–water partition coefficient (Wildman–Crippen LogP) is 2.71. The number of hydrogen-bond acceptors (Lipinski definition) is 3. The van der Waals surface area contributed by atoms with E-state index < -0.39 is 5.82 Å². The number of nitrogens with zero attached hydrogens (tertiary/aromatic N) is 1. The molecule has 0 spiro atoms. The zero-order valence-corrected chi connectivity index (χ0v) is 9.18. The molecule has 0 aliphatic carbocycles. The van der Waals surface area contributed by atoms with Gasteiger partial charge in [0, 0.05) is 17.3 Å². The number of aldehydes is 1. The van der Waals surface area contributed by atoms with E-state index in [9.17, 15) is 9.18 Å². The van der Waals surface area contributed by atoms with Crippen LogP contribution in [-0.4, -0.2) is 18.4 Å². The summed E-state index contributed by atoms with van der Waals surface area (Å²) < 4.78 is 18.2. The molecule has 4 heteroatoms. The monoisotopic (exact) mass is 231 g/mol. The van der Waals surface area contributed by atoms with Crippen molar-refractivity contribution in [3.05, 3.63) is 48.0 Å². The van der Waals surface area contributed by atoms with Crippen LogP contribution in [0.2, 0.25) is 0 Å². The van der Waals surface area contributed by atoms with Crippen LogP contribution in [-0.2, 0) is 0 Å². The number of methoxy groups -OCH3 is 1. The molecule has 3 nitrogen and oxygen atoms in total. The van der Waals surface area contributed by atoms with Crippen molar-refractivity contribution in [1.29, 1.82) is 0 Å². The van der Waals surface area contributed by atoms with Crippen molar-refractivity contribution in [3.8, 4) is 16.9 Å². The average Bonchev–Trinajstić information content (AvgIpc) is 2.39. The quantitative estimate of drug-likeness (QED) is 0.762. The minimum atomic E-state index is -0.395. The first-order valence-electron chi connectivity index (χ1n) is 4.98. The minimum absolute atomic E-state index is 0.395. The Morgan fingerprint density at radius 3 is 2.82 bits per heavy atom. The molecular weight excluding hydrogens is 221 g/mol. The Kier molecular flexibility index (Phi) is 3.14. The molecule has 17 heavy (non-hydrogen) atoms. The molecule has 1 aromatic carbocycles. The van der Waals surface area contributed by atoms with Gasteiger partial charge < -0.3 is 4.74 Å². The van der Waals surface area contributed by atoms with Crippen molar-refractivity contribution in [1.82, 2.24) is 4.98 Å². The summed E-state index contributed by atoms with van der Waals surface area (Å²) in [5.41, 5.74) is 1.57. The maximum Gasteiger partial charge on any atom is 0.150 e. The number of aromatic nitrogens is 1. The van der Waals surface area contributed by atoms with Crippen molar-refractivity contribution < 1.29 is 13.9 Å². The lowest BCUT2D eigenvalue weighted by molar-refractivity contribution is 0.112. The Balaban J connectivity index is 2.58. The van der Waals surface area contributed by atoms with Crippen molar-refractivity contribution in [2.45, 2.75) is 0 Å². The molecule has 0 fully saturated rings. The number of carbonyl (C=O) groups is 1. The second-order valence-corrected chi connectivity index (χ2v) is 3.46. The molecule has 0 saturated carbocycles.